The summed E-state index contributed by atoms with van der Waals surface area (Å²) in [5.74, 6) is 0.0470. The molecule has 1 heterocycles. The molecule has 0 spiro atoms. The maximum Gasteiger partial charge on any atom is 0.215 e. The van der Waals surface area contributed by atoms with E-state index in [0.717, 1.165) is 44.8 Å². The molecule has 1 aliphatic rings. The van der Waals surface area contributed by atoms with Crippen molar-refractivity contribution in [3.8, 4) is 0 Å². The van der Waals surface area contributed by atoms with Crippen LogP contribution in [0.5, 0.6) is 0 Å². The highest BCUT2D eigenvalue weighted by Gasteiger charge is 2.12. The topological polar surface area (TPSA) is 58.6 Å². The van der Waals surface area contributed by atoms with Gasteiger partial charge in [-0.05, 0) is 18.5 Å². The van der Waals surface area contributed by atoms with Gasteiger partial charge in [0, 0.05) is 19.6 Å². The Morgan fingerprint density at radius 2 is 1.85 bits per heavy atom. The number of rotatable bonds is 7. The first-order valence-electron chi connectivity index (χ1n) is 6.97. The Hall–Kier alpha value is -0.950. The molecular formula is C14H22N2O3S. The van der Waals surface area contributed by atoms with Gasteiger partial charge in [-0.3, -0.25) is 4.90 Å². The van der Waals surface area contributed by atoms with E-state index in [2.05, 4.69) is 9.62 Å². The van der Waals surface area contributed by atoms with Crippen molar-refractivity contribution in [2.24, 2.45) is 0 Å². The third kappa shape index (κ3) is 5.58. The van der Waals surface area contributed by atoms with E-state index in [1.54, 1.807) is 0 Å². The predicted octanol–water partition coefficient (Wildman–Crippen LogP) is 0.828. The molecule has 0 amide bonds. The van der Waals surface area contributed by atoms with Crippen molar-refractivity contribution in [3.63, 3.8) is 0 Å². The Bertz CT molecular complexity index is 484. The fourth-order valence-electron chi connectivity index (χ4n) is 2.20. The summed E-state index contributed by atoms with van der Waals surface area (Å²) in [4.78, 5) is 2.30. The van der Waals surface area contributed by atoms with Gasteiger partial charge in [0.1, 0.15) is 0 Å². The molecule has 0 atom stereocenters. The summed E-state index contributed by atoms with van der Waals surface area (Å²) < 4.78 is 31.7. The molecule has 0 aromatic heterocycles. The van der Waals surface area contributed by atoms with E-state index in [9.17, 15) is 8.42 Å². The van der Waals surface area contributed by atoms with Gasteiger partial charge in [-0.1, -0.05) is 30.3 Å². The summed E-state index contributed by atoms with van der Waals surface area (Å²) >= 11 is 0. The van der Waals surface area contributed by atoms with E-state index < -0.39 is 10.0 Å². The van der Waals surface area contributed by atoms with E-state index in [0.29, 0.717) is 6.54 Å². The number of sulfonamides is 1. The van der Waals surface area contributed by atoms with Crippen molar-refractivity contribution >= 4 is 10.0 Å². The van der Waals surface area contributed by atoms with Crippen molar-refractivity contribution in [3.05, 3.63) is 35.9 Å². The molecule has 1 aromatic carbocycles. The number of nitrogens with one attached hydrogen (secondary N) is 1. The molecule has 1 aromatic rings. The van der Waals surface area contributed by atoms with Crippen molar-refractivity contribution in [1.82, 2.24) is 9.62 Å². The summed E-state index contributed by atoms with van der Waals surface area (Å²) in [6, 6.07) is 9.23. The maximum absolute atomic E-state index is 11.9. The zero-order chi connectivity index (χ0) is 14.3. The first-order valence-corrected chi connectivity index (χ1v) is 8.62. The summed E-state index contributed by atoms with van der Waals surface area (Å²) in [5, 5.41) is 0. The second-order valence-electron chi connectivity index (χ2n) is 4.95. The Kier molecular flexibility index (Phi) is 5.97. The third-order valence-corrected chi connectivity index (χ3v) is 4.63. The highest BCUT2D eigenvalue weighted by Crippen LogP contribution is 2.04. The lowest BCUT2D eigenvalue weighted by Gasteiger charge is -2.26. The molecule has 20 heavy (non-hydrogen) atoms. The Morgan fingerprint density at radius 3 is 2.55 bits per heavy atom. The van der Waals surface area contributed by atoms with Crippen LogP contribution in [0.1, 0.15) is 12.0 Å². The molecule has 6 heteroatoms. The molecule has 1 aliphatic heterocycles. The zero-order valence-corrected chi connectivity index (χ0v) is 12.4. The lowest BCUT2D eigenvalue weighted by Crippen LogP contribution is -2.38. The van der Waals surface area contributed by atoms with Gasteiger partial charge in [-0.2, -0.15) is 0 Å². The minimum atomic E-state index is -3.23. The van der Waals surface area contributed by atoms with Crippen LogP contribution < -0.4 is 4.72 Å². The zero-order valence-electron chi connectivity index (χ0n) is 11.6. The minimum absolute atomic E-state index is 0.0470. The van der Waals surface area contributed by atoms with Crippen molar-refractivity contribution in [2.75, 3.05) is 39.4 Å². The van der Waals surface area contributed by atoms with Crippen molar-refractivity contribution < 1.29 is 13.2 Å². The first-order chi connectivity index (χ1) is 9.66. The SMILES string of the molecule is O=S(=O)(Cc1ccccc1)NCCCN1CCOCC1. The summed E-state index contributed by atoms with van der Waals surface area (Å²) in [5.41, 5.74) is 0.813. The molecular weight excluding hydrogens is 276 g/mol. The van der Waals surface area contributed by atoms with Gasteiger partial charge in [-0.25, -0.2) is 13.1 Å². The van der Waals surface area contributed by atoms with Crippen LogP contribution in [0, 0.1) is 0 Å². The van der Waals surface area contributed by atoms with Gasteiger partial charge in [0.15, 0.2) is 0 Å². The number of morpholine rings is 1. The van der Waals surface area contributed by atoms with Crippen LogP contribution in [0.4, 0.5) is 0 Å². The van der Waals surface area contributed by atoms with Gasteiger partial charge in [0.05, 0.1) is 19.0 Å². The molecule has 0 saturated carbocycles. The molecule has 112 valence electrons. The Balaban J connectivity index is 1.67. The number of benzene rings is 1. The highest BCUT2D eigenvalue weighted by atomic mass is 32.2. The normalized spacial score (nSPS) is 17.2. The summed E-state index contributed by atoms with van der Waals surface area (Å²) in [6.07, 6.45) is 0.827. The fraction of sp³-hybridized carbons (Fsp3) is 0.571. The number of ether oxygens (including phenoxy) is 1. The predicted molar refractivity (Wildman–Crippen MR) is 78.9 cm³/mol. The van der Waals surface area contributed by atoms with Crippen LogP contribution in [0.3, 0.4) is 0 Å². The largest absolute Gasteiger partial charge is 0.379 e. The van der Waals surface area contributed by atoms with E-state index in [1.165, 1.54) is 0 Å². The number of hydrogen-bond donors (Lipinski definition) is 1. The van der Waals surface area contributed by atoms with Crippen LogP contribution in [0.25, 0.3) is 0 Å². The molecule has 0 unspecified atom stereocenters. The lowest BCUT2D eigenvalue weighted by atomic mass is 10.2. The molecule has 1 saturated heterocycles. The summed E-state index contributed by atoms with van der Waals surface area (Å²) in [6.45, 7) is 4.84. The fourth-order valence-corrected chi connectivity index (χ4v) is 3.39. The van der Waals surface area contributed by atoms with Gasteiger partial charge in [0.2, 0.25) is 10.0 Å². The van der Waals surface area contributed by atoms with E-state index in [-0.39, 0.29) is 5.75 Å². The molecule has 1 fully saturated rings. The lowest BCUT2D eigenvalue weighted by molar-refractivity contribution is 0.0376. The van der Waals surface area contributed by atoms with Crippen LogP contribution in [0.15, 0.2) is 30.3 Å². The van der Waals surface area contributed by atoms with Crippen LogP contribution in [0.2, 0.25) is 0 Å². The molecule has 0 radical (unpaired) electrons. The minimum Gasteiger partial charge on any atom is -0.379 e. The maximum atomic E-state index is 11.9. The third-order valence-electron chi connectivity index (χ3n) is 3.28. The average molecular weight is 298 g/mol. The van der Waals surface area contributed by atoms with Gasteiger partial charge >= 0.3 is 0 Å². The Labute approximate surface area is 121 Å². The molecule has 0 aliphatic carbocycles. The smallest absolute Gasteiger partial charge is 0.215 e. The van der Waals surface area contributed by atoms with Crippen molar-refractivity contribution in [2.45, 2.75) is 12.2 Å². The highest BCUT2D eigenvalue weighted by molar-refractivity contribution is 7.88. The first kappa shape index (κ1) is 15.4. The van der Waals surface area contributed by atoms with Gasteiger partial charge < -0.3 is 4.74 Å². The summed E-state index contributed by atoms with van der Waals surface area (Å²) in [7, 11) is -3.23. The van der Waals surface area contributed by atoms with E-state index in [4.69, 9.17) is 4.74 Å². The standard InChI is InChI=1S/C14H22N2O3S/c17-20(18,13-14-5-2-1-3-6-14)15-7-4-8-16-9-11-19-12-10-16/h1-3,5-6,15H,4,7-13H2. The second-order valence-corrected chi connectivity index (χ2v) is 6.75. The average Bonchev–Trinajstić information content (AvgIpc) is 2.45. The van der Waals surface area contributed by atoms with Gasteiger partial charge in [-0.15, -0.1) is 0 Å². The monoisotopic (exact) mass is 298 g/mol. The quantitative estimate of drug-likeness (QED) is 0.758. The number of nitrogens with zero attached hydrogens (tertiary/aromatic N) is 1. The van der Waals surface area contributed by atoms with Crippen LogP contribution in [-0.2, 0) is 20.5 Å². The van der Waals surface area contributed by atoms with E-state index >= 15 is 0 Å². The molecule has 2 rings (SSSR count). The molecule has 0 bridgehead atoms. The second kappa shape index (κ2) is 7.73. The number of hydrogen-bond acceptors (Lipinski definition) is 4. The Morgan fingerprint density at radius 1 is 1.15 bits per heavy atom. The van der Waals surface area contributed by atoms with Gasteiger partial charge in [0.25, 0.3) is 0 Å². The van der Waals surface area contributed by atoms with Crippen LogP contribution >= 0.6 is 0 Å². The molecule has 5 nitrogen and oxygen atoms in total. The molecule has 1 N–H and O–H groups in total. The van der Waals surface area contributed by atoms with Crippen molar-refractivity contribution in [1.29, 1.82) is 0 Å². The van der Waals surface area contributed by atoms with E-state index in [1.807, 2.05) is 30.3 Å². The van der Waals surface area contributed by atoms with Crippen LogP contribution in [-0.4, -0.2) is 52.7 Å².